The number of amides is 2. The summed E-state index contributed by atoms with van der Waals surface area (Å²) in [6, 6.07) is 15.9. The smallest absolute Gasteiger partial charge is 0.345 e. The molecule has 2 amide bonds. The standard InChI is InChI=1S/C23H17ClN4O6/c1-14(29)26-17-8-6-15(7-9-17)22(30)27-25-13-16-12-18(28(32)33)10-11-21(16)34-23(31)19-4-2-3-5-20(19)24/h2-13H,1H3,(H,26,29)(H,27,30)/b25-13+. The summed E-state index contributed by atoms with van der Waals surface area (Å²) in [5.41, 5.74) is 3.00. The third kappa shape index (κ3) is 6.24. The van der Waals surface area contributed by atoms with Crippen LogP contribution >= 0.6 is 11.6 Å². The van der Waals surface area contributed by atoms with Gasteiger partial charge < -0.3 is 10.1 Å². The first-order valence-corrected chi connectivity index (χ1v) is 10.1. The topological polar surface area (TPSA) is 140 Å². The SMILES string of the molecule is CC(=O)Nc1ccc(C(=O)N/N=C/c2cc([N+](=O)[O-])ccc2OC(=O)c2ccccc2Cl)cc1. The van der Waals surface area contributed by atoms with Crippen molar-refractivity contribution in [1.82, 2.24) is 5.43 Å². The lowest BCUT2D eigenvalue weighted by Gasteiger charge is -2.08. The molecule has 0 fully saturated rings. The Morgan fingerprint density at radius 2 is 1.76 bits per heavy atom. The Balaban J connectivity index is 1.78. The first kappa shape index (κ1) is 24.1. The van der Waals surface area contributed by atoms with Crippen molar-refractivity contribution in [1.29, 1.82) is 0 Å². The average molecular weight is 481 g/mol. The maximum Gasteiger partial charge on any atom is 0.345 e. The molecule has 0 unspecified atom stereocenters. The molecule has 172 valence electrons. The van der Waals surface area contributed by atoms with Crippen LogP contribution in [0.5, 0.6) is 5.75 Å². The zero-order chi connectivity index (χ0) is 24.7. The number of anilines is 1. The van der Waals surface area contributed by atoms with Gasteiger partial charge in [0.1, 0.15) is 5.75 Å². The van der Waals surface area contributed by atoms with Crippen LogP contribution in [0.4, 0.5) is 11.4 Å². The van der Waals surface area contributed by atoms with Crippen molar-refractivity contribution in [2.24, 2.45) is 5.10 Å². The Morgan fingerprint density at radius 3 is 2.41 bits per heavy atom. The lowest BCUT2D eigenvalue weighted by atomic mass is 10.2. The summed E-state index contributed by atoms with van der Waals surface area (Å²) in [7, 11) is 0. The predicted molar refractivity (Wildman–Crippen MR) is 125 cm³/mol. The maximum absolute atomic E-state index is 12.5. The molecule has 0 atom stereocenters. The maximum atomic E-state index is 12.5. The van der Waals surface area contributed by atoms with Crippen molar-refractivity contribution in [3.63, 3.8) is 0 Å². The van der Waals surface area contributed by atoms with E-state index in [4.69, 9.17) is 16.3 Å². The Bertz CT molecular complexity index is 1290. The summed E-state index contributed by atoms with van der Waals surface area (Å²) in [6.07, 6.45) is 1.12. The number of hydrazone groups is 1. The Hall–Kier alpha value is -4.57. The third-order valence-corrected chi connectivity index (χ3v) is 4.67. The molecule has 0 aliphatic rings. The first-order chi connectivity index (χ1) is 16.2. The van der Waals surface area contributed by atoms with Crippen LogP contribution in [0.2, 0.25) is 5.02 Å². The molecule has 34 heavy (non-hydrogen) atoms. The van der Waals surface area contributed by atoms with Crippen LogP contribution < -0.4 is 15.5 Å². The number of nitrogens with one attached hydrogen (secondary N) is 2. The van der Waals surface area contributed by atoms with E-state index < -0.39 is 16.8 Å². The third-order valence-electron chi connectivity index (χ3n) is 4.34. The molecular weight excluding hydrogens is 464 g/mol. The fourth-order valence-corrected chi connectivity index (χ4v) is 2.97. The molecule has 10 nitrogen and oxygen atoms in total. The Labute approximate surface area is 198 Å². The second-order valence-corrected chi connectivity index (χ2v) is 7.21. The Kier molecular flexibility index (Phi) is 7.67. The fourth-order valence-electron chi connectivity index (χ4n) is 2.76. The van der Waals surface area contributed by atoms with Gasteiger partial charge in [0.15, 0.2) is 0 Å². The van der Waals surface area contributed by atoms with Crippen LogP contribution in [0.1, 0.15) is 33.2 Å². The van der Waals surface area contributed by atoms with E-state index in [1.807, 2.05) is 0 Å². The fraction of sp³-hybridized carbons (Fsp3) is 0.0435. The Morgan fingerprint density at radius 1 is 1.06 bits per heavy atom. The summed E-state index contributed by atoms with van der Waals surface area (Å²) >= 11 is 6.02. The number of nitro groups is 1. The molecule has 0 spiro atoms. The molecule has 0 bridgehead atoms. The zero-order valence-corrected chi connectivity index (χ0v) is 18.4. The number of carbonyl (C=O) groups excluding carboxylic acids is 3. The molecule has 3 rings (SSSR count). The van der Waals surface area contributed by atoms with E-state index in [1.165, 1.54) is 43.3 Å². The molecule has 3 aromatic rings. The highest BCUT2D eigenvalue weighted by atomic mass is 35.5. The van der Waals surface area contributed by atoms with Crippen LogP contribution in [0.15, 0.2) is 71.8 Å². The first-order valence-electron chi connectivity index (χ1n) is 9.71. The molecule has 3 aromatic carbocycles. The van der Waals surface area contributed by atoms with Gasteiger partial charge in [0.2, 0.25) is 5.91 Å². The largest absolute Gasteiger partial charge is 0.422 e. The quantitative estimate of drug-likeness (QED) is 0.171. The van der Waals surface area contributed by atoms with E-state index in [0.717, 1.165) is 12.3 Å². The number of carbonyl (C=O) groups is 3. The molecule has 0 saturated heterocycles. The summed E-state index contributed by atoms with van der Waals surface area (Å²) in [5, 5.41) is 17.7. The van der Waals surface area contributed by atoms with Gasteiger partial charge in [-0.2, -0.15) is 5.10 Å². The summed E-state index contributed by atoms with van der Waals surface area (Å²) in [6.45, 7) is 1.36. The van der Waals surface area contributed by atoms with Gasteiger partial charge in [-0.1, -0.05) is 23.7 Å². The van der Waals surface area contributed by atoms with Crippen LogP contribution in [0.25, 0.3) is 0 Å². The van der Waals surface area contributed by atoms with Crippen LogP contribution in [0, 0.1) is 10.1 Å². The number of esters is 1. The minimum absolute atomic E-state index is 0.0202. The molecule has 0 saturated carbocycles. The van der Waals surface area contributed by atoms with Gasteiger partial charge in [-0.05, 0) is 42.5 Å². The molecule has 2 N–H and O–H groups in total. The van der Waals surface area contributed by atoms with Gasteiger partial charge in [-0.3, -0.25) is 19.7 Å². The van der Waals surface area contributed by atoms with E-state index in [9.17, 15) is 24.5 Å². The second-order valence-electron chi connectivity index (χ2n) is 6.81. The number of halogens is 1. The molecule has 0 radical (unpaired) electrons. The normalized spacial score (nSPS) is 10.5. The van der Waals surface area contributed by atoms with Gasteiger partial charge in [-0.25, -0.2) is 10.2 Å². The van der Waals surface area contributed by atoms with Crippen molar-refractivity contribution in [3.8, 4) is 5.75 Å². The molecule has 0 aliphatic carbocycles. The monoisotopic (exact) mass is 480 g/mol. The number of nitrogens with zero attached hydrogens (tertiary/aromatic N) is 2. The van der Waals surface area contributed by atoms with Crippen LogP contribution in [0.3, 0.4) is 0 Å². The second kappa shape index (κ2) is 10.8. The molecule has 0 aromatic heterocycles. The number of benzene rings is 3. The van der Waals surface area contributed by atoms with E-state index in [1.54, 1.807) is 24.3 Å². The minimum atomic E-state index is -0.766. The number of ether oxygens (including phenoxy) is 1. The highest BCUT2D eigenvalue weighted by molar-refractivity contribution is 6.33. The van der Waals surface area contributed by atoms with Crippen molar-refractivity contribution in [2.75, 3.05) is 5.32 Å². The summed E-state index contributed by atoms with van der Waals surface area (Å²) in [5.74, 6) is -1.60. The van der Waals surface area contributed by atoms with E-state index >= 15 is 0 Å². The average Bonchev–Trinajstić information content (AvgIpc) is 2.80. The van der Waals surface area contributed by atoms with Crippen molar-refractivity contribution in [2.45, 2.75) is 6.92 Å². The lowest BCUT2D eigenvalue weighted by Crippen LogP contribution is -2.18. The lowest BCUT2D eigenvalue weighted by molar-refractivity contribution is -0.384. The number of hydrogen-bond donors (Lipinski definition) is 2. The van der Waals surface area contributed by atoms with Crippen LogP contribution in [-0.2, 0) is 4.79 Å². The summed E-state index contributed by atoms with van der Waals surface area (Å²) < 4.78 is 5.35. The van der Waals surface area contributed by atoms with Crippen LogP contribution in [-0.4, -0.2) is 28.9 Å². The van der Waals surface area contributed by atoms with Gasteiger partial charge in [0.25, 0.3) is 11.6 Å². The highest BCUT2D eigenvalue weighted by Crippen LogP contribution is 2.25. The highest BCUT2D eigenvalue weighted by Gasteiger charge is 2.17. The number of nitro benzene ring substituents is 1. The summed E-state index contributed by atoms with van der Waals surface area (Å²) in [4.78, 5) is 46.4. The van der Waals surface area contributed by atoms with Gasteiger partial charge >= 0.3 is 5.97 Å². The van der Waals surface area contributed by atoms with E-state index in [-0.39, 0.29) is 39.1 Å². The molecular formula is C23H17ClN4O6. The number of non-ortho nitro benzene ring substituents is 1. The molecule has 0 aliphatic heterocycles. The zero-order valence-electron chi connectivity index (χ0n) is 17.7. The van der Waals surface area contributed by atoms with Gasteiger partial charge in [-0.15, -0.1) is 0 Å². The van der Waals surface area contributed by atoms with Gasteiger partial charge in [0, 0.05) is 35.9 Å². The molecule has 0 heterocycles. The minimum Gasteiger partial charge on any atom is -0.422 e. The van der Waals surface area contributed by atoms with E-state index in [0.29, 0.717) is 5.69 Å². The van der Waals surface area contributed by atoms with Crippen molar-refractivity contribution >= 4 is 47.0 Å². The number of rotatable bonds is 7. The van der Waals surface area contributed by atoms with E-state index in [2.05, 4.69) is 15.8 Å². The number of hydrogen-bond acceptors (Lipinski definition) is 7. The van der Waals surface area contributed by atoms with Crippen molar-refractivity contribution < 1.29 is 24.0 Å². The van der Waals surface area contributed by atoms with Gasteiger partial charge in [0.05, 0.1) is 21.7 Å². The van der Waals surface area contributed by atoms with Crippen molar-refractivity contribution in [3.05, 3.63) is 98.6 Å². The predicted octanol–water partition coefficient (Wildman–Crippen LogP) is 4.19. The molecule has 11 heteroatoms.